The summed E-state index contributed by atoms with van der Waals surface area (Å²) in [6.45, 7) is 3.52. The van der Waals surface area contributed by atoms with Crippen LogP contribution in [0.2, 0.25) is 0 Å². The lowest BCUT2D eigenvalue weighted by Gasteiger charge is -2.09. The minimum atomic E-state index is -1.28. The maximum Gasteiger partial charge on any atom is 0.325 e. The average molecular weight is 280 g/mol. The van der Waals surface area contributed by atoms with Gasteiger partial charge in [-0.05, 0) is 26.0 Å². The van der Waals surface area contributed by atoms with Gasteiger partial charge in [0.05, 0.1) is 13.2 Å². The highest BCUT2D eigenvalue weighted by atomic mass is 16.6. The smallest absolute Gasteiger partial charge is 0.325 e. The van der Waals surface area contributed by atoms with Crippen molar-refractivity contribution >= 4 is 23.8 Å². The molecule has 1 heterocycles. The van der Waals surface area contributed by atoms with Gasteiger partial charge >= 0.3 is 11.9 Å². The van der Waals surface area contributed by atoms with Crippen LogP contribution in [0.1, 0.15) is 13.8 Å². The lowest BCUT2D eigenvalue weighted by molar-refractivity contribution is -0.157. The van der Waals surface area contributed by atoms with E-state index in [9.17, 15) is 14.4 Å². The molecule has 0 atom stereocenters. The van der Waals surface area contributed by atoms with E-state index in [2.05, 4.69) is 9.98 Å². The summed E-state index contributed by atoms with van der Waals surface area (Å²) >= 11 is 0. The molecule has 0 aromatic carbocycles. The molecule has 0 aliphatic heterocycles. The first-order valence-electron chi connectivity index (χ1n) is 6.15. The zero-order chi connectivity index (χ0) is 15.0. The van der Waals surface area contributed by atoms with Gasteiger partial charge in [-0.15, -0.1) is 0 Å². The fourth-order valence-corrected chi connectivity index (χ4v) is 1.35. The predicted molar refractivity (Wildman–Crippen MR) is 72.0 cm³/mol. The van der Waals surface area contributed by atoms with E-state index in [0.29, 0.717) is 0 Å². The van der Waals surface area contributed by atoms with E-state index >= 15 is 0 Å². The van der Waals surface area contributed by atoms with Crippen LogP contribution < -0.4 is 5.56 Å². The zero-order valence-corrected chi connectivity index (χ0v) is 11.3. The number of carbonyl (C=O) groups excluding carboxylic acids is 2. The summed E-state index contributed by atoms with van der Waals surface area (Å²) in [5.74, 6) is -2.81. The molecule has 0 fully saturated rings. The third-order valence-electron chi connectivity index (χ3n) is 2.24. The molecule has 0 amide bonds. The van der Waals surface area contributed by atoms with Crippen LogP contribution in [0.15, 0.2) is 28.1 Å². The van der Waals surface area contributed by atoms with Crippen LogP contribution in [-0.4, -0.2) is 36.4 Å². The molecule has 0 aliphatic carbocycles. The van der Waals surface area contributed by atoms with Crippen molar-refractivity contribution in [3.05, 3.63) is 28.7 Å². The topological polar surface area (TPSA) is 97.8 Å². The number of aromatic nitrogens is 1. The quantitative estimate of drug-likeness (QED) is 0.472. The Kier molecular flexibility index (Phi) is 6.15. The van der Waals surface area contributed by atoms with Gasteiger partial charge in [-0.25, -0.2) is 0 Å². The van der Waals surface area contributed by atoms with Crippen molar-refractivity contribution in [3.63, 3.8) is 0 Å². The van der Waals surface area contributed by atoms with Gasteiger partial charge in [0, 0.05) is 12.4 Å². The van der Waals surface area contributed by atoms with Gasteiger partial charge in [-0.2, -0.15) is 0 Å². The first kappa shape index (κ1) is 15.6. The summed E-state index contributed by atoms with van der Waals surface area (Å²) in [4.78, 5) is 41.0. The second-order valence-corrected chi connectivity index (χ2v) is 3.64. The van der Waals surface area contributed by atoms with Crippen LogP contribution >= 0.6 is 0 Å². The number of hydrogen-bond acceptors (Lipinski definition) is 6. The largest absolute Gasteiger partial charge is 0.465 e. The molecule has 7 heteroatoms. The number of esters is 2. The molecule has 1 rings (SSSR count). The van der Waals surface area contributed by atoms with Crippen molar-refractivity contribution < 1.29 is 19.1 Å². The monoisotopic (exact) mass is 280 g/mol. The molecule has 0 radical (unpaired) electrons. The minimum absolute atomic E-state index is 0.0890. The van der Waals surface area contributed by atoms with Crippen molar-refractivity contribution in [1.29, 1.82) is 0 Å². The summed E-state index contributed by atoms with van der Waals surface area (Å²) in [6, 6.07) is 3.04. The molecule has 1 aromatic rings. The molecule has 0 bridgehead atoms. The predicted octanol–water partition coefficient (Wildman–Crippen LogP) is 0.820. The summed E-state index contributed by atoms with van der Waals surface area (Å²) in [6.07, 6.45) is 2.51. The fraction of sp³-hybridized carbons (Fsp3) is 0.385. The van der Waals surface area contributed by atoms with Gasteiger partial charge in [0.2, 0.25) is 0 Å². The number of aliphatic imine (C=N–C) groups is 1. The van der Waals surface area contributed by atoms with E-state index in [4.69, 9.17) is 9.47 Å². The Morgan fingerprint density at radius 3 is 2.40 bits per heavy atom. The van der Waals surface area contributed by atoms with E-state index in [0.717, 1.165) is 6.21 Å². The van der Waals surface area contributed by atoms with Gasteiger partial charge in [-0.1, -0.05) is 0 Å². The molecule has 20 heavy (non-hydrogen) atoms. The number of nitrogens with one attached hydrogen (secondary N) is 1. The lowest BCUT2D eigenvalue weighted by Crippen LogP contribution is -2.29. The van der Waals surface area contributed by atoms with Gasteiger partial charge in [-0.3, -0.25) is 19.4 Å². The molecule has 1 aromatic heterocycles. The number of ether oxygens (including phenoxy) is 2. The number of pyridine rings is 1. The Hall–Kier alpha value is -2.44. The SMILES string of the molecule is CCOC(=O)C(/C=N/c1ccc[nH]c1=O)C(=O)OCC. The Morgan fingerprint density at radius 2 is 1.90 bits per heavy atom. The lowest BCUT2D eigenvalue weighted by atomic mass is 10.2. The van der Waals surface area contributed by atoms with Crippen LogP contribution in [0.25, 0.3) is 0 Å². The first-order chi connectivity index (χ1) is 9.60. The summed E-state index contributed by atoms with van der Waals surface area (Å²) < 4.78 is 9.55. The molecular weight excluding hydrogens is 264 g/mol. The number of nitrogens with zero attached hydrogens (tertiary/aromatic N) is 1. The number of H-pyrrole nitrogens is 1. The second kappa shape index (κ2) is 7.88. The number of aromatic amines is 1. The first-order valence-corrected chi connectivity index (χ1v) is 6.15. The highest BCUT2D eigenvalue weighted by Gasteiger charge is 2.27. The van der Waals surface area contributed by atoms with Crippen LogP contribution in [0, 0.1) is 5.92 Å². The molecule has 1 N–H and O–H groups in total. The van der Waals surface area contributed by atoms with Crippen molar-refractivity contribution in [3.8, 4) is 0 Å². The summed E-state index contributed by atoms with van der Waals surface area (Å²) in [5, 5.41) is 0. The van der Waals surface area contributed by atoms with Crippen LogP contribution in [-0.2, 0) is 19.1 Å². The number of hydrogen-bond donors (Lipinski definition) is 1. The zero-order valence-electron chi connectivity index (χ0n) is 11.3. The van der Waals surface area contributed by atoms with Crippen molar-refractivity contribution in [2.24, 2.45) is 10.9 Å². The molecule has 0 unspecified atom stereocenters. The molecule has 0 aliphatic rings. The van der Waals surface area contributed by atoms with E-state index in [1.807, 2.05) is 0 Å². The Morgan fingerprint density at radius 1 is 1.30 bits per heavy atom. The Bertz CT molecular complexity index is 532. The minimum Gasteiger partial charge on any atom is -0.465 e. The van der Waals surface area contributed by atoms with Gasteiger partial charge < -0.3 is 14.5 Å². The average Bonchev–Trinajstić information content (AvgIpc) is 2.41. The molecule has 7 nitrogen and oxygen atoms in total. The van der Waals surface area contributed by atoms with E-state index in [-0.39, 0.29) is 18.9 Å². The van der Waals surface area contributed by atoms with E-state index < -0.39 is 23.4 Å². The maximum atomic E-state index is 11.7. The third-order valence-corrected chi connectivity index (χ3v) is 2.24. The van der Waals surface area contributed by atoms with Gasteiger partial charge in [0.25, 0.3) is 5.56 Å². The standard InChI is InChI=1S/C13H16N2O5/c1-3-19-12(17)9(13(18)20-4-2)8-15-10-6-5-7-14-11(10)16/h5-9H,3-4H2,1-2H3,(H,14,16)/b15-8+. The highest BCUT2D eigenvalue weighted by Crippen LogP contribution is 2.06. The molecule has 108 valence electrons. The summed E-state index contributed by atoms with van der Waals surface area (Å²) in [5.41, 5.74) is -0.332. The van der Waals surface area contributed by atoms with E-state index in [1.54, 1.807) is 19.9 Å². The molecule has 0 saturated carbocycles. The van der Waals surface area contributed by atoms with Crippen LogP contribution in [0.5, 0.6) is 0 Å². The number of carbonyl (C=O) groups is 2. The molecule has 0 saturated heterocycles. The Labute approximate surface area is 115 Å². The number of rotatable bonds is 6. The maximum absolute atomic E-state index is 11.7. The Balaban J connectivity index is 2.94. The van der Waals surface area contributed by atoms with Gasteiger partial charge in [0.15, 0.2) is 5.92 Å². The summed E-state index contributed by atoms with van der Waals surface area (Å²) in [7, 11) is 0. The normalized spacial score (nSPS) is 10.8. The second-order valence-electron chi connectivity index (χ2n) is 3.64. The molecular formula is C13H16N2O5. The van der Waals surface area contributed by atoms with Gasteiger partial charge in [0.1, 0.15) is 5.69 Å². The fourth-order valence-electron chi connectivity index (χ4n) is 1.35. The van der Waals surface area contributed by atoms with Crippen molar-refractivity contribution in [2.45, 2.75) is 13.8 Å². The third kappa shape index (κ3) is 4.34. The van der Waals surface area contributed by atoms with Crippen molar-refractivity contribution in [1.82, 2.24) is 4.98 Å². The highest BCUT2D eigenvalue weighted by molar-refractivity contribution is 6.09. The van der Waals surface area contributed by atoms with Crippen LogP contribution in [0.3, 0.4) is 0 Å². The van der Waals surface area contributed by atoms with E-state index in [1.165, 1.54) is 12.3 Å². The molecule has 0 spiro atoms. The van der Waals surface area contributed by atoms with Crippen molar-refractivity contribution in [2.75, 3.05) is 13.2 Å². The van der Waals surface area contributed by atoms with Crippen LogP contribution in [0.4, 0.5) is 5.69 Å².